The molecular weight excluding hydrogens is 278 g/mol. The number of carbonyl (C=O) groups excluding carboxylic acids is 2. The highest BCUT2D eigenvalue weighted by atomic mass is 16.2. The molecule has 5 nitrogen and oxygen atoms in total. The van der Waals surface area contributed by atoms with Crippen molar-refractivity contribution in [3.63, 3.8) is 0 Å². The Kier molecular flexibility index (Phi) is 5.95. The van der Waals surface area contributed by atoms with Crippen molar-refractivity contribution in [2.75, 3.05) is 18.4 Å². The third kappa shape index (κ3) is 4.56. The zero-order valence-corrected chi connectivity index (χ0v) is 13.1. The number of nitrogens with one attached hydrogen (secondary N) is 2. The van der Waals surface area contributed by atoms with Gasteiger partial charge in [0.25, 0.3) is 5.91 Å². The van der Waals surface area contributed by atoms with E-state index in [1.54, 1.807) is 18.2 Å². The van der Waals surface area contributed by atoms with Crippen LogP contribution < -0.4 is 16.4 Å². The van der Waals surface area contributed by atoms with Crippen molar-refractivity contribution in [1.29, 1.82) is 0 Å². The third-order valence-electron chi connectivity index (χ3n) is 4.15. The maximum Gasteiger partial charge on any atom is 0.253 e. The molecule has 2 rings (SSSR count). The first kappa shape index (κ1) is 16.5. The lowest BCUT2D eigenvalue weighted by molar-refractivity contribution is -0.117. The van der Waals surface area contributed by atoms with Crippen LogP contribution >= 0.6 is 0 Å². The molecule has 2 atom stereocenters. The minimum Gasteiger partial charge on any atom is -0.351 e. The Hall–Kier alpha value is -1.88. The van der Waals surface area contributed by atoms with Crippen LogP contribution in [0, 0.1) is 11.8 Å². The average Bonchev–Trinajstić information content (AvgIpc) is 2.90. The summed E-state index contributed by atoms with van der Waals surface area (Å²) < 4.78 is 0. The van der Waals surface area contributed by atoms with E-state index in [4.69, 9.17) is 5.73 Å². The number of benzene rings is 1. The first-order valence-corrected chi connectivity index (χ1v) is 7.97. The summed E-state index contributed by atoms with van der Waals surface area (Å²) in [7, 11) is 0. The van der Waals surface area contributed by atoms with E-state index in [2.05, 4.69) is 17.6 Å². The monoisotopic (exact) mass is 303 g/mol. The summed E-state index contributed by atoms with van der Waals surface area (Å²) >= 11 is 0. The Morgan fingerprint density at radius 3 is 2.73 bits per heavy atom. The molecule has 5 heteroatoms. The van der Waals surface area contributed by atoms with E-state index in [-0.39, 0.29) is 11.8 Å². The molecule has 22 heavy (non-hydrogen) atoms. The molecule has 2 amide bonds. The second kappa shape index (κ2) is 7.94. The van der Waals surface area contributed by atoms with Gasteiger partial charge in [-0.3, -0.25) is 9.59 Å². The topological polar surface area (TPSA) is 84.2 Å². The summed E-state index contributed by atoms with van der Waals surface area (Å²) in [6, 6.07) is 7.06. The molecule has 0 saturated heterocycles. The molecule has 1 aromatic rings. The van der Waals surface area contributed by atoms with Gasteiger partial charge in [-0.05, 0) is 36.8 Å². The fourth-order valence-electron chi connectivity index (χ4n) is 3.04. The minimum atomic E-state index is -0.212. The number of para-hydroxylation sites is 1. The molecule has 0 aromatic heterocycles. The molecule has 0 bridgehead atoms. The van der Waals surface area contributed by atoms with Crippen LogP contribution in [0.4, 0.5) is 5.69 Å². The SMILES string of the molecule is CC1CCC(CC(=O)Nc2ccccc2C(=O)NCCN)C1. The summed E-state index contributed by atoms with van der Waals surface area (Å²) in [6.45, 7) is 3.04. The number of amides is 2. The van der Waals surface area contributed by atoms with Gasteiger partial charge in [-0.2, -0.15) is 0 Å². The molecule has 120 valence electrons. The van der Waals surface area contributed by atoms with Crippen molar-refractivity contribution >= 4 is 17.5 Å². The minimum absolute atomic E-state index is 0.0156. The van der Waals surface area contributed by atoms with Crippen LogP contribution in [0.2, 0.25) is 0 Å². The number of carbonyl (C=O) groups is 2. The van der Waals surface area contributed by atoms with Gasteiger partial charge in [0.15, 0.2) is 0 Å². The maximum absolute atomic E-state index is 12.2. The first-order valence-electron chi connectivity index (χ1n) is 7.97. The highest BCUT2D eigenvalue weighted by Crippen LogP contribution is 2.32. The third-order valence-corrected chi connectivity index (χ3v) is 4.15. The van der Waals surface area contributed by atoms with Crippen molar-refractivity contribution in [3.8, 4) is 0 Å². The molecule has 2 unspecified atom stereocenters. The summed E-state index contributed by atoms with van der Waals surface area (Å²) in [5, 5.41) is 5.60. The van der Waals surface area contributed by atoms with Crippen LogP contribution in [0.1, 0.15) is 43.0 Å². The summed E-state index contributed by atoms with van der Waals surface area (Å²) in [6.07, 6.45) is 3.97. The second-order valence-electron chi connectivity index (χ2n) is 6.13. The molecular formula is C17H25N3O2. The molecule has 1 saturated carbocycles. The van der Waals surface area contributed by atoms with Gasteiger partial charge in [0.2, 0.25) is 5.91 Å². The number of anilines is 1. The Labute approximate surface area is 131 Å². The van der Waals surface area contributed by atoms with Gasteiger partial charge in [0, 0.05) is 19.5 Å². The smallest absolute Gasteiger partial charge is 0.253 e. The van der Waals surface area contributed by atoms with Crippen molar-refractivity contribution in [3.05, 3.63) is 29.8 Å². The van der Waals surface area contributed by atoms with Gasteiger partial charge in [0.05, 0.1) is 11.3 Å². The summed E-state index contributed by atoms with van der Waals surface area (Å²) in [4.78, 5) is 24.3. The summed E-state index contributed by atoms with van der Waals surface area (Å²) in [5.74, 6) is 0.953. The van der Waals surface area contributed by atoms with Gasteiger partial charge >= 0.3 is 0 Å². The van der Waals surface area contributed by atoms with Crippen molar-refractivity contribution in [2.45, 2.75) is 32.6 Å². The van der Waals surface area contributed by atoms with E-state index in [9.17, 15) is 9.59 Å². The predicted molar refractivity (Wildman–Crippen MR) is 87.6 cm³/mol. The number of hydrogen-bond acceptors (Lipinski definition) is 3. The number of rotatable bonds is 6. The normalized spacial score (nSPS) is 20.6. The van der Waals surface area contributed by atoms with Gasteiger partial charge in [-0.15, -0.1) is 0 Å². The van der Waals surface area contributed by atoms with E-state index in [0.717, 1.165) is 12.8 Å². The Morgan fingerprint density at radius 2 is 2.05 bits per heavy atom. The van der Waals surface area contributed by atoms with Crippen LogP contribution in [0.5, 0.6) is 0 Å². The van der Waals surface area contributed by atoms with Crippen LogP contribution in [0.3, 0.4) is 0 Å². The zero-order chi connectivity index (χ0) is 15.9. The van der Waals surface area contributed by atoms with Gasteiger partial charge in [0.1, 0.15) is 0 Å². The average molecular weight is 303 g/mol. The van der Waals surface area contributed by atoms with E-state index in [1.807, 2.05) is 6.07 Å². The van der Waals surface area contributed by atoms with E-state index in [0.29, 0.717) is 42.6 Å². The van der Waals surface area contributed by atoms with Crippen LogP contribution in [-0.2, 0) is 4.79 Å². The molecule has 1 aliphatic rings. The maximum atomic E-state index is 12.2. The Balaban J connectivity index is 1.96. The Bertz CT molecular complexity index is 530. The molecule has 0 heterocycles. The molecule has 0 radical (unpaired) electrons. The molecule has 1 aromatic carbocycles. The predicted octanol–water partition coefficient (Wildman–Crippen LogP) is 2.14. The van der Waals surface area contributed by atoms with Gasteiger partial charge in [-0.1, -0.05) is 25.5 Å². The number of nitrogens with two attached hydrogens (primary N) is 1. The van der Waals surface area contributed by atoms with E-state index >= 15 is 0 Å². The zero-order valence-electron chi connectivity index (χ0n) is 13.1. The lowest BCUT2D eigenvalue weighted by Gasteiger charge is -2.13. The first-order chi connectivity index (χ1) is 10.6. The molecule has 4 N–H and O–H groups in total. The molecule has 1 fully saturated rings. The fraction of sp³-hybridized carbons (Fsp3) is 0.529. The second-order valence-corrected chi connectivity index (χ2v) is 6.13. The number of hydrogen-bond donors (Lipinski definition) is 3. The van der Waals surface area contributed by atoms with Crippen LogP contribution in [-0.4, -0.2) is 24.9 Å². The standard InChI is InChI=1S/C17H25N3O2/c1-12-6-7-13(10-12)11-16(21)20-15-5-3-2-4-14(15)17(22)19-9-8-18/h2-5,12-13H,6-11,18H2,1H3,(H,19,22)(H,20,21). The lowest BCUT2D eigenvalue weighted by atomic mass is 10.0. The fourth-order valence-corrected chi connectivity index (χ4v) is 3.04. The van der Waals surface area contributed by atoms with Crippen LogP contribution in [0.15, 0.2) is 24.3 Å². The summed E-state index contributed by atoms with van der Waals surface area (Å²) in [5.41, 5.74) is 6.43. The van der Waals surface area contributed by atoms with Crippen LogP contribution in [0.25, 0.3) is 0 Å². The van der Waals surface area contributed by atoms with Crippen molar-refractivity contribution < 1.29 is 9.59 Å². The van der Waals surface area contributed by atoms with E-state index < -0.39 is 0 Å². The van der Waals surface area contributed by atoms with Crippen molar-refractivity contribution in [1.82, 2.24) is 5.32 Å². The van der Waals surface area contributed by atoms with Gasteiger partial charge in [-0.25, -0.2) is 0 Å². The molecule has 1 aliphatic carbocycles. The van der Waals surface area contributed by atoms with Gasteiger partial charge < -0.3 is 16.4 Å². The lowest BCUT2D eigenvalue weighted by Crippen LogP contribution is -2.30. The van der Waals surface area contributed by atoms with E-state index in [1.165, 1.54) is 6.42 Å². The highest BCUT2D eigenvalue weighted by molar-refractivity contribution is 6.03. The molecule has 0 aliphatic heterocycles. The molecule has 0 spiro atoms. The van der Waals surface area contributed by atoms with Crippen molar-refractivity contribution in [2.24, 2.45) is 17.6 Å². The quantitative estimate of drug-likeness (QED) is 0.753. The largest absolute Gasteiger partial charge is 0.351 e. The Morgan fingerprint density at radius 1 is 1.27 bits per heavy atom. The highest BCUT2D eigenvalue weighted by Gasteiger charge is 2.24.